The van der Waals surface area contributed by atoms with E-state index in [1.165, 1.54) is 23.1 Å². The number of nitrogens with one attached hydrogen (secondary N) is 1. The highest BCUT2D eigenvalue weighted by molar-refractivity contribution is 6.62. The summed E-state index contributed by atoms with van der Waals surface area (Å²) in [6, 6.07) is 13.7. The van der Waals surface area contributed by atoms with Crippen molar-refractivity contribution in [2.75, 3.05) is 7.05 Å². The average molecular weight is 474 g/mol. The minimum atomic E-state index is -1.30. The number of hydrogen-bond donors (Lipinski definition) is 1. The molecule has 2 saturated heterocycles. The first-order chi connectivity index (χ1) is 16.5. The first-order valence-electron chi connectivity index (χ1n) is 12.4. The number of likely N-dealkylation sites (N-methyl/N-ethyl adjacent to an activating group) is 1. The Balaban J connectivity index is 1.46. The molecule has 35 heavy (non-hydrogen) atoms. The van der Waals surface area contributed by atoms with Crippen LogP contribution in [0.3, 0.4) is 0 Å². The van der Waals surface area contributed by atoms with Crippen LogP contribution in [0, 0.1) is 0 Å². The first-order valence-corrected chi connectivity index (χ1v) is 12.4. The summed E-state index contributed by atoms with van der Waals surface area (Å²) in [6.45, 7) is 8.05. The van der Waals surface area contributed by atoms with E-state index < -0.39 is 35.5 Å². The van der Waals surface area contributed by atoms with Crippen molar-refractivity contribution < 1.29 is 23.6 Å². The molecule has 1 atom stereocenters. The quantitative estimate of drug-likeness (QED) is 0.508. The summed E-state index contributed by atoms with van der Waals surface area (Å²) in [5.74, 6) is 0.346. The third-order valence-corrected chi connectivity index (χ3v) is 8.86. The maximum atomic E-state index is 13.9. The zero-order valence-corrected chi connectivity index (χ0v) is 20.9. The number of benzene rings is 2. The van der Waals surface area contributed by atoms with Crippen LogP contribution in [0.4, 0.5) is 4.79 Å². The number of amides is 3. The second-order valence-electron chi connectivity index (χ2n) is 11.3. The Hall–Kier alpha value is -2.84. The van der Waals surface area contributed by atoms with Crippen molar-refractivity contribution in [2.24, 2.45) is 0 Å². The molecule has 2 aromatic rings. The Morgan fingerprint density at radius 3 is 2.06 bits per heavy atom. The lowest BCUT2D eigenvalue weighted by Crippen LogP contribution is -2.61. The number of ether oxygens (including phenoxy) is 1. The molecular formula is C27H31BN2O5. The Morgan fingerprint density at radius 2 is 1.51 bits per heavy atom. The molecule has 7 nitrogen and oxygen atoms in total. The molecule has 2 spiro atoms. The van der Waals surface area contributed by atoms with Crippen LogP contribution in [0.15, 0.2) is 42.5 Å². The maximum Gasteiger partial charge on any atom is 0.494 e. The summed E-state index contributed by atoms with van der Waals surface area (Å²) in [5.41, 5.74) is 0.850. The number of aryl methyl sites for hydroxylation is 2. The van der Waals surface area contributed by atoms with E-state index in [1.807, 2.05) is 58.0 Å². The predicted octanol–water partition coefficient (Wildman–Crippen LogP) is 3.07. The minimum Gasteiger partial charge on any atom is -0.483 e. The van der Waals surface area contributed by atoms with Crippen molar-refractivity contribution >= 4 is 24.5 Å². The van der Waals surface area contributed by atoms with Gasteiger partial charge in [-0.05, 0) is 76.0 Å². The van der Waals surface area contributed by atoms with Crippen LogP contribution in [0.1, 0.15) is 57.2 Å². The van der Waals surface area contributed by atoms with Crippen molar-refractivity contribution in [1.29, 1.82) is 0 Å². The lowest BCUT2D eigenvalue weighted by molar-refractivity contribution is -0.138. The van der Waals surface area contributed by atoms with Crippen molar-refractivity contribution in [2.45, 2.75) is 75.7 Å². The molecule has 3 amide bonds. The van der Waals surface area contributed by atoms with Crippen LogP contribution in [-0.2, 0) is 32.5 Å². The van der Waals surface area contributed by atoms with Gasteiger partial charge in [-0.15, -0.1) is 0 Å². The van der Waals surface area contributed by atoms with E-state index in [0.29, 0.717) is 24.2 Å². The highest BCUT2D eigenvalue weighted by Gasteiger charge is 2.69. The molecule has 4 aliphatic rings. The zero-order valence-electron chi connectivity index (χ0n) is 20.9. The van der Waals surface area contributed by atoms with Gasteiger partial charge in [0, 0.05) is 12.6 Å². The average Bonchev–Trinajstić information content (AvgIpc) is 3.23. The number of nitrogens with zero attached hydrogens (tertiary/aromatic N) is 1. The van der Waals surface area contributed by atoms with Gasteiger partial charge >= 0.3 is 13.1 Å². The number of urea groups is 1. The van der Waals surface area contributed by atoms with E-state index in [-0.39, 0.29) is 5.91 Å². The smallest absolute Gasteiger partial charge is 0.483 e. The summed E-state index contributed by atoms with van der Waals surface area (Å²) in [7, 11) is 0.948. The van der Waals surface area contributed by atoms with E-state index in [0.717, 1.165) is 18.3 Å². The van der Waals surface area contributed by atoms with Crippen LogP contribution in [0.5, 0.6) is 5.75 Å². The SMILES string of the molecule is CN1C(=O)NC2(C1=O)c1cc(B3OC(C)(C)C(C)(C)O3)ccc1OC21CCc2ccccc2CC1. The fraction of sp³-hybridized carbons (Fsp3) is 0.481. The second kappa shape index (κ2) is 7.11. The molecule has 2 fully saturated rings. The second-order valence-corrected chi connectivity index (χ2v) is 11.3. The minimum absolute atomic E-state index is 0.279. The van der Waals surface area contributed by atoms with Crippen molar-refractivity contribution in [3.63, 3.8) is 0 Å². The summed E-state index contributed by atoms with van der Waals surface area (Å²) >= 11 is 0. The third-order valence-electron chi connectivity index (χ3n) is 8.86. The van der Waals surface area contributed by atoms with E-state index in [9.17, 15) is 9.59 Å². The van der Waals surface area contributed by atoms with Crippen LogP contribution < -0.4 is 15.5 Å². The molecule has 0 saturated carbocycles. The van der Waals surface area contributed by atoms with E-state index in [2.05, 4.69) is 17.4 Å². The van der Waals surface area contributed by atoms with Crippen LogP contribution >= 0.6 is 0 Å². The summed E-state index contributed by atoms with van der Waals surface area (Å²) in [4.78, 5) is 28.0. The lowest BCUT2D eigenvalue weighted by Gasteiger charge is -2.39. The third kappa shape index (κ3) is 2.93. The Kier molecular flexibility index (Phi) is 4.59. The van der Waals surface area contributed by atoms with Gasteiger partial charge in [-0.25, -0.2) is 4.79 Å². The van der Waals surface area contributed by atoms with Gasteiger partial charge in [0.05, 0.1) is 11.2 Å². The fourth-order valence-electron chi connectivity index (χ4n) is 6.04. The zero-order chi connectivity index (χ0) is 24.8. The monoisotopic (exact) mass is 474 g/mol. The number of hydrogen-bond acceptors (Lipinski definition) is 5. The molecule has 0 bridgehead atoms. The number of carbonyl (C=O) groups is 2. The highest BCUT2D eigenvalue weighted by atomic mass is 16.7. The van der Waals surface area contributed by atoms with Crippen LogP contribution in [0.25, 0.3) is 0 Å². The number of carbonyl (C=O) groups excluding carboxylic acids is 2. The van der Waals surface area contributed by atoms with Crippen molar-refractivity contribution in [1.82, 2.24) is 10.2 Å². The Labute approximate surface area is 206 Å². The molecule has 8 heteroatoms. The van der Waals surface area contributed by atoms with Gasteiger partial charge < -0.3 is 19.4 Å². The number of fused-ring (bicyclic) bond motifs is 4. The lowest BCUT2D eigenvalue weighted by atomic mass is 9.69. The van der Waals surface area contributed by atoms with Crippen molar-refractivity contribution in [3.8, 4) is 5.75 Å². The van der Waals surface area contributed by atoms with E-state index in [1.54, 1.807) is 0 Å². The molecule has 0 aromatic heterocycles. The molecule has 3 heterocycles. The van der Waals surface area contributed by atoms with Gasteiger partial charge in [-0.1, -0.05) is 36.4 Å². The molecule has 182 valence electrons. The van der Waals surface area contributed by atoms with E-state index >= 15 is 0 Å². The molecule has 1 aliphatic carbocycles. The van der Waals surface area contributed by atoms with Gasteiger partial charge in [-0.3, -0.25) is 9.69 Å². The number of rotatable bonds is 1. The van der Waals surface area contributed by atoms with Gasteiger partial charge in [0.2, 0.25) is 0 Å². The van der Waals surface area contributed by atoms with Gasteiger partial charge in [0.1, 0.15) is 11.4 Å². The molecule has 1 N–H and O–H groups in total. The van der Waals surface area contributed by atoms with Crippen LogP contribution in [0.2, 0.25) is 0 Å². The molecule has 6 rings (SSSR count). The Bertz CT molecular complexity index is 1210. The Morgan fingerprint density at radius 1 is 0.914 bits per heavy atom. The molecule has 1 unspecified atom stereocenters. The topological polar surface area (TPSA) is 77.1 Å². The molecule has 0 radical (unpaired) electrons. The van der Waals surface area contributed by atoms with Crippen LogP contribution in [-0.4, -0.2) is 47.8 Å². The molecular weight excluding hydrogens is 443 g/mol. The number of imide groups is 1. The first kappa shape index (κ1) is 22.6. The fourth-order valence-corrected chi connectivity index (χ4v) is 6.04. The van der Waals surface area contributed by atoms with Gasteiger partial charge in [0.15, 0.2) is 5.54 Å². The largest absolute Gasteiger partial charge is 0.494 e. The predicted molar refractivity (Wildman–Crippen MR) is 132 cm³/mol. The highest BCUT2D eigenvalue weighted by Crippen LogP contribution is 2.55. The summed E-state index contributed by atoms with van der Waals surface area (Å²) < 4.78 is 19.3. The molecule has 3 aliphatic heterocycles. The van der Waals surface area contributed by atoms with Crippen molar-refractivity contribution in [3.05, 3.63) is 59.2 Å². The normalized spacial score (nSPS) is 27.6. The standard InChI is InChI=1S/C27H31BN2O5/c1-24(2)25(3,4)35-28(34-24)19-10-11-21-20(16-19)27(22(31)30(5)23(32)29-27)26(33-21)14-12-17-8-6-7-9-18(17)13-15-26/h6-11,16H,12-15H2,1-5H3,(H,29,32). The summed E-state index contributed by atoms with van der Waals surface area (Å²) in [6.07, 6.45) is 2.76. The van der Waals surface area contributed by atoms with E-state index in [4.69, 9.17) is 14.0 Å². The van der Waals surface area contributed by atoms with Gasteiger partial charge in [0.25, 0.3) is 5.91 Å². The molecule has 2 aromatic carbocycles. The maximum absolute atomic E-state index is 13.9. The summed E-state index contributed by atoms with van der Waals surface area (Å²) in [5, 5.41) is 3.08. The van der Waals surface area contributed by atoms with Gasteiger partial charge in [-0.2, -0.15) is 0 Å².